The number of halogens is 2. The maximum absolute atomic E-state index is 13.6. The zero-order chi connectivity index (χ0) is 14.5. The average Bonchev–Trinajstić information content (AvgIpc) is 2.39. The summed E-state index contributed by atoms with van der Waals surface area (Å²) in [6.45, 7) is 5.89. The van der Waals surface area contributed by atoms with Crippen LogP contribution in [0.3, 0.4) is 0 Å². The van der Waals surface area contributed by atoms with Crippen molar-refractivity contribution in [2.24, 2.45) is 0 Å². The lowest BCUT2D eigenvalue weighted by Gasteiger charge is -2.10. The molecular weight excluding hydrogens is 262 g/mol. The van der Waals surface area contributed by atoms with Gasteiger partial charge in [0.05, 0.1) is 5.69 Å². The molecule has 1 aromatic carbocycles. The van der Waals surface area contributed by atoms with Crippen molar-refractivity contribution in [3.05, 3.63) is 54.4 Å². The Morgan fingerprint density at radius 3 is 2.65 bits per heavy atom. The molecule has 0 fully saturated rings. The van der Waals surface area contributed by atoms with Crippen molar-refractivity contribution in [2.75, 3.05) is 17.2 Å². The molecule has 20 heavy (non-hydrogen) atoms. The van der Waals surface area contributed by atoms with Gasteiger partial charge in [-0.3, -0.25) is 0 Å². The van der Waals surface area contributed by atoms with Crippen LogP contribution in [0.2, 0.25) is 0 Å². The van der Waals surface area contributed by atoms with E-state index in [2.05, 4.69) is 27.2 Å². The molecule has 0 atom stereocenters. The zero-order valence-corrected chi connectivity index (χ0v) is 11.0. The standard InChI is InChI=1S/C14H14F2N4/c1-3-6-17-13-8-14(19-9(2)18-13)20-12-5-4-10(15)7-11(12)16/h3-5,7-8H,1,6H2,2H3,(H2,17,18,19,20). The molecule has 2 rings (SSSR count). The Kier molecular flexibility index (Phi) is 4.24. The van der Waals surface area contributed by atoms with Crippen LogP contribution in [0.1, 0.15) is 5.82 Å². The van der Waals surface area contributed by atoms with Crippen molar-refractivity contribution >= 4 is 17.3 Å². The van der Waals surface area contributed by atoms with Crippen LogP contribution < -0.4 is 10.6 Å². The molecule has 1 aromatic heterocycles. The van der Waals surface area contributed by atoms with E-state index in [1.807, 2.05) is 0 Å². The first-order valence-electron chi connectivity index (χ1n) is 6.01. The minimum absolute atomic E-state index is 0.152. The second-order valence-corrected chi connectivity index (χ2v) is 4.10. The molecule has 4 nitrogen and oxygen atoms in total. The van der Waals surface area contributed by atoms with Crippen molar-refractivity contribution < 1.29 is 8.78 Å². The second kappa shape index (κ2) is 6.10. The predicted octanol–water partition coefficient (Wildman–Crippen LogP) is 3.40. The van der Waals surface area contributed by atoms with Gasteiger partial charge in [0.25, 0.3) is 0 Å². The Morgan fingerprint density at radius 2 is 1.95 bits per heavy atom. The van der Waals surface area contributed by atoms with E-state index in [4.69, 9.17) is 0 Å². The smallest absolute Gasteiger partial charge is 0.149 e. The monoisotopic (exact) mass is 276 g/mol. The number of rotatable bonds is 5. The summed E-state index contributed by atoms with van der Waals surface area (Å²) < 4.78 is 26.4. The van der Waals surface area contributed by atoms with Crippen LogP contribution in [-0.4, -0.2) is 16.5 Å². The maximum Gasteiger partial charge on any atom is 0.149 e. The summed E-state index contributed by atoms with van der Waals surface area (Å²) in [5.41, 5.74) is 0.152. The highest BCUT2D eigenvalue weighted by Crippen LogP contribution is 2.21. The Bertz CT molecular complexity index is 629. The van der Waals surface area contributed by atoms with E-state index in [0.29, 0.717) is 24.0 Å². The number of anilines is 3. The van der Waals surface area contributed by atoms with E-state index < -0.39 is 11.6 Å². The van der Waals surface area contributed by atoms with Gasteiger partial charge in [-0.25, -0.2) is 18.7 Å². The van der Waals surface area contributed by atoms with Crippen LogP contribution in [0.5, 0.6) is 0 Å². The molecule has 2 N–H and O–H groups in total. The summed E-state index contributed by atoms with van der Waals surface area (Å²) in [5, 5.41) is 5.82. The summed E-state index contributed by atoms with van der Waals surface area (Å²) in [4.78, 5) is 8.34. The predicted molar refractivity (Wildman–Crippen MR) is 75.1 cm³/mol. The minimum Gasteiger partial charge on any atom is -0.366 e. The van der Waals surface area contributed by atoms with Crippen molar-refractivity contribution in [1.82, 2.24) is 9.97 Å². The molecule has 0 amide bonds. The van der Waals surface area contributed by atoms with Crippen LogP contribution in [0.15, 0.2) is 36.9 Å². The van der Waals surface area contributed by atoms with Crippen LogP contribution in [0, 0.1) is 18.6 Å². The summed E-state index contributed by atoms with van der Waals surface area (Å²) in [6.07, 6.45) is 1.70. The summed E-state index contributed by atoms with van der Waals surface area (Å²) in [7, 11) is 0. The van der Waals surface area contributed by atoms with Gasteiger partial charge in [0.1, 0.15) is 29.1 Å². The third-order valence-corrected chi connectivity index (χ3v) is 2.46. The second-order valence-electron chi connectivity index (χ2n) is 4.10. The summed E-state index contributed by atoms with van der Waals surface area (Å²) >= 11 is 0. The highest BCUT2D eigenvalue weighted by Gasteiger charge is 2.06. The van der Waals surface area contributed by atoms with E-state index in [9.17, 15) is 8.78 Å². The molecule has 0 saturated heterocycles. The molecule has 0 aliphatic carbocycles. The number of aryl methyl sites for hydroxylation is 1. The molecule has 0 aliphatic rings. The van der Waals surface area contributed by atoms with E-state index in [1.54, 1.807) is 19.1 Å². The lowest BCUT2D eigenvalue weighted by molar-refractivity contribution is 0.586. The Balaban J connectivity index is 2.23. The normalized spacial score (nSPS) is 10.2. The Labute approximate surface area is 115 Å². The van der Waals surface area contributed by atoms with Crippen molar-refractivity contribution in [3.63, 3.8) is 0 Å². The minimum atomic E-state index is -0.679. The molecule has 0 bridgehead atoms. The highest BCUT2D eigenvalue weighted by molar-refractivity contribution is 5.59. The average molecular weight is 276 g/mol. The van der Waals surface area contributed by atoms with Gasteiger partial charge in [0.15, 0.2) is 0 Å². The van der Waals surface area contributed by atoms with Gasteiger partial charge in [-0.2, -0.15) is 0 Å². The highest BCUT2D eigenvalue weighted by atomic mass is 19.1. The van der Waals surface area contributed by atoms with Crippen LogP contribution in [-0.2, 0) is 0 Å². The number of hydrogen-bond donors (Lipinski definition) is 2. The third kappa shape index (κ3) is 3.50. The quantitative estimate of drug-likeness (QED) is 0.822. The fraction of sp³-hybridized carbons (Fsp3) is 0.143. The fourth-order valence-electron chi connectivity index (χ4n) is 1.63. The SMILES string of the molecule is C=CCNc1cc(Nc2ccc(F)cc2F)nc(C)n1. The molecule has 1 heterocycles. The van der Waals surface area contributed by atoms with Crippen molar-refractivity contribution in [3.8, 4) is 0 Å². The van der Waals surface area contributed by atoms with Gasteiger partial charge in [-0.15, -0.1) is 6.58 Å². The summed E-state index contributed by atoms with van der Waals surface area (Å²) in [6, 6.07) is 4.95. The fourth-order valence-corrected chi connectivity index (χ4v) is 1.63. The third-order valence-electron chi connectivity index (χ3n) is 2.46. The number of benzene rings is 1. The Morgan fingerprint density at radius 1 is 1.20 bits per heavy atom. The van der Waals surface area contributed by atoms with E-state index in [0.717, 1.165) is 6.07 Å². The number of nitrogens with one attached hydrogen (secondary N) is 2. The molecule has 0 saturated carbocycles. The van der Waals surface area contributed by atoms with Gasteiger partial charge in [0, 0.05) is 18.7 Å². The van der Waals surface area contributed by atoms with Crippen molar-refractivity contribution in [2.45, 2.75) is 6.92 Å². The molecule has 0 aliphatic heterocycles. The number of aromatic nitrogens is 2. The van der Waals surface area contributed by atoms with E-state index in [1.165, 1.54) is 12.1 Å². The van der Waals surface area contributed by atoms with Crippen LogP contribution >= 0.6 is 0 Å². The largest absolute Gasteiger partial charge is 0.366 e. The van der Waals surface area contributed by atoms with Gasteiger partial charge < -0.3 is 10.6 Å². The first-order valence-corrected chi connectivity index (χ1v) is 6.01. The van der Waals surface area contributed by atoms with E-state index >= 15 is 0 Å². The van der Waals surface area contributed by atoms with Gasteiger partial charge in [-0.05, 0) is 19.1 Å². The lowest BCUT2D eigenvalue weighted by atomic mass is 10.3. The van der Waals surface area contributed by atoms with Crippen molar-refractivity contribution in [1.29, 1.82) is 0 Å². The van der Waals surface area contributed by atoms with Gasteiger partial charge >= 0.3 is 0 Å². The summed E-state index contributed by atoms with van der Waals surface area (Å²) in [5.74, 6) is 0.253. The molecule has 2 aromatic rings. The Hall–Kier alpha value is -2.50. The number of hydrogen-bond acceptors (Lipinski definition) is 4. The van der Waals surface area contributed by atoms with Gasteiger partial charge in [0.2, 0.25) is 0 Å². The number of nitrogens with zero attached hydrogens (tertiary/aromatic N) is 2. The molecule has 6 heteroatoms. The first-order chi connectivity index (χ1) is 9.58. The topological polar surface area (TPSA) is 49.8 Å². The molecule has 0 spiro atoms. The first kappa shape index (κ1) is 13.9. The zero-order valence-electron chi connectivity index (χ0n) is 11.0. The molecule has 104 valence electrons. The van der Waals surface area contributed by atoms with E-state index in [-0.39, 0.29) is 5.69 Å². The van der Waals surface area contributed by atoms with Crippen LogP contribution in [0.25, 0.3) is 0 Å². The molecule has 0 radical (unpaired) electrons. The maximum atomic E-state index is 13.6. The molecule has 0 unspecified atom stereocenters. The van der Waals surface area contributed by atoms with Crippen LogP contribution in [0.4, 0.5) is 26.1 Å². The molecular formula is C14H14F2N4. The van der Waals surface area contributed by atoms with Gasteiger partial charge in [-0.1, -0.05) is 6.08 Å². The lowest BCUT2D eigenvalue weighted by Crippen LogP contribution is -2.05.